The molecule has 2 atom stereocenters. The lowest BCUT2D eigenvalue weighted by atomic mass is 9.95. The number of carbonyl (C=O) groups excluding carboxylic acids is 1. The van der Waals surface area contributed by atoms with Gasteiger partial charge in [0.2, 0.25) is 5.91 Å². The van der Waals surface area contributed by atoms with Crippen LogP contribution in [0.5, 0.6) is 11.5 Å². The van der Waals surface area contributed by atoms with E-state index >= 15 is 4.39 Å². The van der Waals surface area contributed by atoms with Gasteiger partial charge in [0, 0.05) is 30.1 Å². The molecule has 1 amide bonds. The van der Waals surface area contributed by atoms with Crippen LogP contribution in [0.25, 0.3) is 10.9 Å². The van der Waals surface area contributed by atoms with Crippen molar-refractivity contribution < 1.29 is 18.7 Å². The zero-order valence-corrected chi connectivity index (χ0v) is 24.0. The molecule has 10 heteroatoms. The SMILES string of the molecule is CCOc1cc2ncc(C#N)c(Nc3ccc(OCC4N=CCCC4C)cc3F)c2cc1NC(=O)CCCN(C)C. The summed E-state index contributed by atoms with van der Waals surface area (Å²) in [6.45, 7) is 5.55. The van der Waals surface area contributed by atoms with Gasteiger partial charge in [0.15, 0.2) is 0 Å². The molecule has 1 aliphatic heterocycles. The second-order valence-corrected chi connectivity index (χ2v) is 10.4. The average molecular weight is 561 g/mol. The van der Waals surface area contributed by atoms with Gasteiger partial charge in [-0.3, -0.25) is 14.8 Å². The molecular formula is C31H37FN6O3. The highest BCUT2D eigenvalue weighted by molar-refractivity contribution is 6.02. The van der Waals surface area contributed by atoms with E-state index in [1.165, 1.54) is 12.3 Å². The number of benzene rings is 2. The molecule has 3 aromatic rings. The van der Waals surface area contributed by atoms with Gasteiger partial charge in [-0.25, -0.2) is 4.39 Å². The molecule has 0 aliphatic carbocycles. The maximum Gasteiger partial charge on any atom is 0.224 e. The van der Waals surface area contributed by atoms with Crippen LogP contribution in [0.3, 0.4) is 0 Å². The number of amides is 1. The summed E-state index contributed by atoms with van der Waals surface area (Å²) < 4.78 is 26.9. The van der Waals surface area contributed by atoms with Gasteiger partial charge in [-0.2, -0.15) is 5.26 Å². The zero-order valence-electron chi connectivity index (χ0n) is 24.0. The molecule has 9 nitrogen and oxygen atoms in total. The molecule has 2 N–H and O–H groups in total. The van der Waals surface area contributed by atoms with Gasteiger partial charge < -0.3 is 25.0 Å². The van der Waals surface area contributed by atoms with Gasteiger partial charge in [-0.05, 0) is 77.2 Å². The maximum absolute atomic E-state index is 15.3. The van der Waals surface area contributed by atoms with Gasteiger partial charge in [-0.1, -0.05) is 6.92 Å². The van der Waals surface area contributed by atoms with E-state index in [1.54, 1.807) is 24.3 Å². The summed E-state index contributed by atoms with van der Waals surface area (Å²) in [4.78, 5) is 23.6. The number of hydrogen-bond donors (Lipinski definition) is 2. The first-order valence-corrected chi connectivity index (χ1v) is 13.9. The summed E-state index contributed by atoms with van der Waals surface area (Å²) in [5.74, 6) is 0.596. The number of ether oxygens (including phenoxy) is 2. The van der Waals surface area contributed by atoms with E-state index in [2.05, 4.69) is 33.6 Å². The number of nitrogens with zero attached hydrogens (tertiary/aromatic N) is 4. The number of aromatic nitrogens is 1. The highest BCUT2D eigenvalue weighted by Gasteiger charge is 2.20. The van der Waals surface area contributed by atoms with Gasteiger partial charge in [0.05, 0.1) is 40.8 Å². The number of nitrogens with one attached hydrogen (secondary N) is 2. The first kappa shape index (κ1) is 29.7. The van der Waals surface area contributed by atoms with Crippen LogP contribution in [0.4, 0.5) is 21.5 Å². The molecule has 2 heterocycles. The zero-order chi connectivity index (χ0) is 29.4. The second-order valence-electron chi connectivity index (χ2n) is 10.4. The van der Waals surface area contributed by atoms with Crippen molar-refractivity contribution in [3.63, 3.8) is 0 Å². The fraction of sp³-hybridized carbons (Fsp3) is 0.419. The molecule has 0 bridgehead atoms. The van der Waals surface area contributed by atoms with Crippen molar-refractivity contribution in [1.29, 1.82) is 5.26 Å². The Labute approximate surface area is 240 Å². The Balaban J connectivity index is 1.60. The summed E-state index contributed by atoms with van der Waals surface area (Å²) in [5.41, 5.74) is 1.77. The minimum atomic E-state index is -0.531. The molecule has 41 heavy (non-hydrogen) atoms. The molecule has 2 aromatic carbocycles. The summed E-state index contributed by atoms with van der Waals surface area (Å²) in [6.07, 6.45) is 6.43. The monoisotopic (exact) mass is 560 g/mol. The van der Waals surface area contributed by atoms with E-state index < -0.39 is 5.82 Å². The van der Waals surface area contributed by atoms with Crippen molar-refractivity contribution in [2.24, 2.45) is 10.9 Å². The molecule has 0 fully saturated rings. The summed E-state index contributed by atoms with van der Waals surface area (Å²) >= 11 is 0. The number of hydrogen-bond acceptors (Lipinski definition) is 8. The van der Waals surface area contributed by atoms with Crippen molar-refractivity contribution in [2.45, 2.75) is 45.6 Å². The fourth-order valence-corrected chi connectivity index (χ4v) is 4.68. The number of aliphatic imine (C=N–C) groups is 1. The second kappa shape index (κ2) is 13.9. The molecular weight excluding hydrogens is 523 g/mol. The lowest BCUT2D eigenvalue weighted by Crippen LogP contribution is -2.26. The first-order chi connectivity index (χ1) is 19.8. The van der Waals surface area contributed by atoms with E-state index in [9.17, 15) is 10.1 Å². The van der Waals surface area contributed by atoms with Crippen molar-refractivity contribution in [1.82, 2.24) is 9.88 Å². The minimum Gasteiger partial charge on any atom is -0.492 e. The predicted octanol–water partition coefficient (Wildman–Crippen LogP) is 5.92. The predicted molar refractivity (Wildman–Crippen MR) is 160 cm³/mol. The van der Waals surface area contributed by atoms with E-state index in [4.69, 9.17) is 9.47 Å². The number of pyridine rings is 1. The highest BCUT2D eigenvalue weighted by Crippen LogP contribution is 2.37. The van der Waals surface area contributed by atoms with Gasteiger partial charge in [0.25, 0.3) is 0 Å². The minimum absolute atomic E-state index is 0.0511. The van der Waals surface area contributed by atoms with Gasteiger partial charge in [0.1, 0.15) is 30.0 Å². The third-order valence-corrected chi connectivity index (χ3v) is 7.00. The van der Waals surface area contributed by atoms with Crippen LogP contribution in [-0.4, -0.2) is 61.9 Å². The van der Waals surface area contributed by atoms with Crippen LogP contribution < -0.4 is 20.1 Å². The molecule has 216 valence electrons. The number of fused-ring (bicyclic) bond motifs is 1. The molecule has 4 rings (SSSR count). The van der Waals surface area contributed by atoms with Crippen LogP contribution in [0, 0.1) is 23.1 Å². The quantitative estimate of drug-likeness (QED) is 0.283. The highest BCUT2D eigenvalue weighted by atomic mass is 19.1. The standard InChI is InChI=1S/C31H37FN6O3/c1-5-40-29-16-26-23(15-27(29)36-30(39)9-7-13-38(3)4)31(21(17-33)18-35-26)37-25-11-10-22(14-24(25)32)41-19-28-20(2)8-6-12-34-28/h10-12,14-16,18,20,28H,5-9,13,19H2,1-4H3,(H,35,37)(H,36,39). The van der Waals surface area contributed by atoms with Gasteiger partial charge >= 0.3 is 0 Å². The van der Waals surface area contributed by atoms with E-state index in [0.29, 0.717) is 65.8 Å². The normalized spacial score (nSPS) is 16.4. The fourth-order valence-electron chi connectivity index (χ4n) is 4.68. The van der Waals surface area contributed by atoms with Crippen molar-refractivity contribution in [2.75, 3.05) is 44.5 Å². The van der Waals surface area contributed by atoms with Gasteiger partial charge in [-0.15, -0.1) is 0 Å². The van der Waals surface area contributed by atoms with Crippen molar-refractivity contribution in [3.8, 4) is 17.6 Å². The van der Waals surface area contributed by atoms with Crippen LogP contribution in [0.2, 0.25) is 0 Å². The Kier molecular flexibility index (Phi) is 10.1. The number of carbonyl (C=O) groups is 1. The number of halogens is 1. The van der Waals surface area contributed by atoms with E-state index in [0.717, 1.165) is 19.4 Å². The third-order valence-electron chi connectivity index (χ3n) is 7.00. The molecule has 0 radical (unpaired) electrons. The topological polar surface area (TPSA) is 112 Å². The lowest BCUT2D eigenvalue weighted by molar-refractivity contribution is -0.116. The third kappa shape index (κ3) is 7.70. The van der Waals surface area contributed by atoms with Crippen molar-refractivity contribution >= 4 is 40.1 Å². The first-order valence-electron chi connectivity index (χ1n) is 13.9. The summed E-state index contributed by atoms with van der Waals surface area (Å²) in [5, 5.41) is 16.4. The molecule has 1 aromatic heterocycles. The Morgan fingerprint density at radius 1 is 1.22 bits per heavy atom. The molecule has 0 saturated heterocycles. The molecule has 1 aliphatic rings. The largest absolute Gasteiger partial charge is 0.492 e. The Morgan fingerprint density at radius 3 is 2.76 bits per heavy atom. The van der Waals surface area contributed by atoms with E-state index in [-0.39, 0.29) is 23.2 Å². The van der Waals surface area contributed by atoms with Crippen LogP contribution in [0.15, 0.2) is 41.5 Å². The molecule has 0 saturated carbocycles. The van der Waals surface area contributed by atoms with Crippen LogP contribution in [0.1, 0.15) is 45.1 Å². The summed E-state index contributed by atoms with van der Waals surface area (Å²) in [7, 11) is 3.91. The van der Waals surface area contributed by atoms with Crippen LogP contribution in [-0.2, 0) is 4.79 Å². The van der Waals surface area contributed by atoms with Crippen molar-refractivity contribution in [3.05, 3.63) is 47.9 Å². The molecule has 2 unspecified atom stereocenters. The van der Waals surface area contributed by atoms with Crippen LogP contribution >= 0.6 is 0 Å². The maximum atomic E-state index is 15.3. The van der Waals surface area contributed by atoms with E-state index in [1.807, 2.05) is 32.1 Å². The number of anilines is 3. The Morgan fingerprint density at radius 2 is 2.05 bits per heavy atom. The number of rotatable bonds is 12. The Bertz CT molecular complexity index is 1450. The molecule has 0 spiro atoms. The average Bonchev–Trinajstić information content (AvgIpc) is 2.94. The summed E-state index contributed by atoms with van der Waals surface area (Å²) in [6, 6.07) is 10.2. The smallest absolute Gasteiger partial charge is 0.224 e. The number of nitriles is 1. The Hall–Kier alpha value is -4.23. The lowest BCUT2D eigenvalue weighted by Gasteiger charge is -2.23.